The summed E-state index contributed by atoms with van der Waals surface area (Å²) < 4.78 is 5.14. The molecular formula is C16H22N4O. The van der Waals surface area contributed by atoms with E-state index in [1.54, 1.807) is 7.11 Å². The van der Waals surface area contributed by atoms with Crippen molar-refractivity contribution in [2.75, 3.05) is 25.5 Å². The van der Waals surface area contributed by atoms with Crippen LogP contribution in [0.25, 0.3) is 0 Å². The number of nitrogens with one attached hydrogen (secondary N) is 2. The lowest BCUT2D eigenvalue weighted by Crippen LogP contribution is -2.17. The maximum atomic E-state index is 5.14. The van der Waals surface area contributed by atoms with E-state index in [0.29, 0.717) is 5.95 Å². The minimum atomic E-state index is 0.680. The van der Waals surface area contributed by atoms with Crippen molar-refractivity contribution in [2.45, 2.75) is 19.9 Å². The molecule has 21 heavy (non-hydrogen) atoms. The lowest BCUT2D eigenvalue weighted by Gasteiger charge is -2.06. The number of nitrogens with zero attached hydrogens (tertiary/aromatic N) is 2. The molecule has 0 amide bonds. The summed E-state index contributed by atoms with van der Waals surface area (Å²) in [5, 5.41) is 6.48. The van der Waals surface area contributed by atoms with Gasteiger partial charge in [0, 0.05) is 31.0 Å². The van der Waals surface area contributed by atoms with Gasteiger partial charge in [-0.2, -0.15) is 0 Å². The molecule has 0 spiro atoms. The highest BCUT2D eigenvalue weighted by molar-refractivity contribution is 5.27. The number of hydrogen-bond acceptors (Lipinski definition) is 5. The van der Waals surface area contributed by atoms with Crippen LogP contribution in [0.3, 0.4) is 0 Å². The van der Waals surface area contributed by atoms with Crippen LogP contribution in [0.1, 0.15) is 18.1 Å². The van der Waals surface area contributed by atoms with Gasteiger partial charge in [0.1, 0.15) is 5.75 Å². The molecule has 0 radical (unpaired) electrons. The maximum Gasteiger partial charge on any atom is 0.222 e. The Balaban J connectivity index is 1.71. The van der Waals surface area contributed by atoms with E-state index in [1.807, 2.05) is 31.5 Å². The lowest BCUT2D eigenvalue weighted by molar-refractivity contribution is 0.414. The van der Waals surface area contributed by atoms with E-state index in [1.165, 1.54) is 5.56 Å². The molecular weight excluding hydrogens is 264 g/mol. The van der Waals surface area contributed by atoms with E-state index in [0.717, 1.165) is 37.4 Å². The zero-order chi connectivity index (χ0) is 14.9. The zero-order valence-electron chi connectivity index (χ0n) is 12.6. The first-order valence-electron chi connectivity index (χ1n) is 7.20. The smallest absolute Gasteiger partial charge is 0.222 e. The van der Waals surface area contributed by atoms with E-state index >= 15 is 0 Å². The topological polar surface area (TPSA) is 59.1 Å². The van der Waals surface area contributed by atoms with Crippen molar-refractivity contribution in [3.63, 3.8) is 0 Å². The average molecular weight is 286 g/mol. The van der Waals surface area contributed by atoms with Gasteiger partial charge in [0.15, 0.2) is 0 Å². The molecule has 5 nitrogen and oxygen atoms in total. The number of benzene rings is 1. The van der Waals surface area contributed by atoms with Crippen LogP contribution >= 0.6 is 0 Å². The Kier molecular flexibility index (Phi) is 5.97. The van der Waals surface area contributed by atoms with E-state index in [2.05, 4.69) is 32.7 Å². The summed E-state index contributed by atoms with van der Waals surface area (Å²) in [7, 11) is 1.68. The summed E-state index contributed by atoms with van der Waals surface area (Å²) in [5.41, 5.74) is 2.38. The second-order valence-corrected chi connectivity index (χ2v) is 4.72. The first kappa shape index (κ1) is 15.3. The van der Waals surface area contributed by atoms with Gasteiger partial charge in [-0.3, -0.25) is 0 Å². The summed E-state index contributed by atoms with van der Waals surface area (Å²) in [6.45, 7) is 4.56. The van der Waals surface area contributed by atoms with E-state index in [-0.39, 0.29) is 0 Å². The van der Waals surface area contributed by atoms with E-state index in [9.17, 15) is 0 Å². The van der Waals surface area contributed by atoms with Gasteiger partial charge in [-0.15, -0.1) is 0 Å². The maximum absolute atomic E-state index is 5.14. The molecule has 0 aliphatic rings. The molecule has 112 valence electrons. The summed E-state index contributed by atoms with van der Waals surface area (Å²) in [5.74, 6) is 1.57. The number of methoxy groups -OCH3 is 1. The van der Waals surface area contributed by atoms with Gasteiger partial charge in [0.25, 0.3) is 0 Å². The monoisotopic (exact) mass is 286 g/mol. The highest BCUT2D eigenvalue weighted by atomic mass is 16.5. The van der Waals surface area contributed by atoms with Crippen molar-refractivity contribution in [3.8, 4) is 5.75 Å². The molecule has 0 aliphatic carbocycles. The summed E-state index contributed by atoms with van der Waals surface area (Å²) in [6.07, 6.45) is 4.69. The Hall–Kier alpha value is -2.14. The lowest BCUT2D eigenvalue weighted by atomic mass is 10.1. The fourth-order valence-electron chi connectivity index (χ4n) is 1.95. The Bertz CT molecular complexity index is 525. The normalized spacial score (nSPS) is 10.4. The average Bonchev–Trinajstić information content (AvgIpc) is 2.54. The standard InChI is InChI=1S/C16H22N4O/c1-3-18-16-19-11-14(12-20-16)10-17-9-8-13-4-6-15(21-2)7-5-13/h4-7,11-12,17H,3,8-10H2,1-2H3,(H,18,19,20). The van der Waals surface area contributed by atoms with Crippen molar-refractivity contribution in [1.82, 2.24) is 15.3 Å². The quantitative estimate of drug-likeness (QED) is 0.729. The van der Waals surface area contributed by atoms with Gasteiger partial charge in [-0.25, -0.2) is 9.97 Å². The predicted octanol–water partition coefficient (Wildman–Crippen LogP) is 2.25. The molecule has 0 aliphatic heterocycles. The third kappa shape index (κ3) is 5.04. The molecule has 0 unspecified atom stereocenters. The number of anilines is 1. The van der Waals surface area contributed by atoms with Crippen LogP contribution < -0.4 is 15.4 Å². The van der Waals surface area contributed by atoms with Crippen molar-refractivity contribution in [3.05, 3.63) is 47.8 Å². The second-order valence-electron chi connectivity index (χ2n) is 4.72. The zero-order valence-corrected chi connectivity index (χ0v) is 12.6. The molecule has 2 aromatic rings. The molecule has 1 aromatic carbocycles. The molecule has 0 saturated carbocycles. The van der Waals surface area contributed by atoms with Crippen LogP contribution in [-0.4, -0.2) is 30.2 Å². The first-order valence-corrected chi connectivity index (χ1v) is 7.20. The number of rotatable bonds is 8. The summed E-state index contributed by atoms with van der Waals surface area (Å²) in [6, 6.07) is 8.16. The third-order valence-electron chi connectivity index (χ3n) is 3.12. The van der Waals surface area contributed by atoms with Crippen molar-refractivity contribution >= 4 is 5.95 Å². The Morgan fingerprint density at radius 2 is 1.76 bits per heavy atom. The van der Waals surface area contributed by atoms with E-state index < -0.39 is 0 Å². The van der Waals surface area contributed by atoms with Gasteiger partial charge < -0.3 is 15.4 Å². The first-order chi connectivity index (χ1) is 10.3. The van der Waals surface area contributed by atoms with Gasteiger partial charge in [0.2, 0.25) is 5.95 Å². The van der Waals surface area contributed by atoms with E-state index in [4.69, 9.17) is 4.74 Å². The van der Waals surface area contributed by atoms with Crippen LogP contribution in [0.15, 0.2) is 36.7 Å². The minimum Gasteiger partial charge on any atom is -0.497 e. The van der Waals surface area contributed by atoms with Crippen molar-refractivity contribution in [1.29, 1.82) is 0 Å². The summed E-state index contributed by atoms with van der Waals surface area (Å²) >= 11 is 0. The largest absolute Gasteiger partial charge is 0.497 e. The van der Waals surface area contributed by atoms with Crippen molar-refractivity contribution in [2.24, 2.45) is 0 Å². The number of aromatic nitrogens is 2. The molecule has 1 aromatic heterocycles. The SMILES string of the molecule is CCNc1ncc(CNCCc2ccc(OC)cc2)cn1. The van der Waals surface area contributed by atoms with Gasteiger partial charge in [-0.1, -0.05) is 12.1 Å². The Labute approximate surface area is 125 Å². The summed E-state index contributed by atoms with van der Waals surface area (Å²) in [4.78, 5) is 8.50. The van der Waals surface area contributed by atoms with Crippen LogP contribution in [0.5, 0.6) is 5.75 Å². The van der Waals surface area contributed by atoms with Gasteiger partial charge in [0.05, 0.1) is 7.11 Å². The highest BCUT2D eigenvalue weighted by Crippen LogP contribution is 2.11. The Morgan fingerprint density at radius 1 is 1.05 bits per heavy atom. The Morgan fingerprint density at radius 3 is 2.38 bits per heavy atom. The minimum absolute atomic E-state index is 0.680. The molecule has 0 atom stereocenters. The second kappa shape index (κ2) is 8.21. The molecule has 0 bridgehead atoms. The van der Waals surface area contributed by atoms with Crippen molar-refractivity contribution < 1.29 is 4.74 Å². The molecule has 0 fully saturated rings. The fraction of sp³-hybridized carbons (Fsp3) is 0.375. The molecule has 1 heterocycles. The van der Waals surface area contributed by atoms with Crippen LogP contribution in [0.4, 0.5) is 5.95 Å². The van der Waals surface area contributed by atoms with Crippen LogP contribution in [0, 0.1) is 0 Å². The fourth-order valence-corrected chi connectivity index (χ4v) is 1.95. The number of ether oxygens (including phenoxy) is 1. The highest BCUT2D eigenvalue weighted by Gasteiger charge is 1.98. The molecule has 2 N–H and O–H groups in total. The molecule has 2 rings (SSSR count). The van der Waals surface area contributed by atoms with Crippen LogP contribution in [-0.2, 0) is 13.0 Å². The third-order valence-corrected chi connectivity index (χ3v) is 3.12. The van der Waals surface area contributed by atoms with Gasteiger partial charge >= 0.3 is 0 Å². The van der Waals surface area contributed by atoms with Crippen LogP contribution in [0.2, 0.25) is 0 Å². The molecule has 0 saturated heterocycles. The predicted molar refractivity (Wildman–Crippen MR) is 84.6 cm³/mol. The van der Waals surface area contributed by atoms with Gasteiger partial charge in [-0.05, 0) is 37.6 Å². The number of hydrogen-bond donors (Lipinski definition) is 2. The molecule has 5 heteroatoms.